The second-order valence-electron chi connectivity index (χ2n) is 4.72. The fraction of sp³-hybridized carbons (Fsp3) is 0.200. The van der Waals surface area contributed by atoms with Crippen molar-refractivity contribution in [3.8, 4) is 11.5 Å². The molecular weight excluding hydrogens is 298 g/mol. The van der Waals surface area contributed by atoms with E-state index in [1.807, 2.05) is 6.92 Å². The second-order valence-corrected chi connectivity index (χ2v) is 4.72. The maximum atomic E-state index is 11.4. The first kappa shape index (κ1) is 16.2. The summed E-state index contributed by atoms with van der Waals surface area (Å²) in [6.45, 7) is 1.90. The number of nitrogens with two attached hydrogens (primary N) is 2. The Bertz CT molecular complexity index is 729. The average molecular weight is 315 g/mol. The highest BCUT2D eigenvalue weighted by atomic mass is 16.5. The highest BCUT2D eigenvalue weighted by molar-refractivity contribution is 5.72. The van der Waals surface area contributed by atoms with Crippen LogP contribution in [0.25, 0.3) is 0 Å². The van der Waals surface area contributed by atoms with Crippen LogP contribution >= 0.6 is 0 Å². The highest BCUT2D eigenvalue weighted by Gasteiger charge is 2.06. The summed E-state index contributed by atoms with van der Waals surface area (Å²) in [5.41, 5.74) is 11.8. The number of aromatic hydroxyl groups is 1. The predicted octanol–water partition coefficient (Wildman–Crippen LogP) is 3.07. The zero-order valence-corrected chi connectivity index (χ0v) is 12.6. The molecule has 5 N–H and O–H groups in total. The van der Waals surface area contributed by atoms with Crippen LogP contribution in [-0.4, -0.2) is 16.1 Å². The van der Waals surface area contributed by atoms with Crippen LogP contribution in [0.3, 0.4) is 0 Å². The molecular formula is C15H17N5O3. The maximum Gasteiger partial charge on any atom is 0.311 e. The zero-order chi connectivity index (χ0) is 16.8. The van der Waals surface area contributed by atoms with Crippen molar-refractivity contribution in [2.45, 2.75) is 19.8 Å². The lowest BCUT2D eigenvalue weighted by molar-refractivity contribution is -0.134. The van der Waals surface area contributed by atoms with Gasteiger partial charge in [-0.15, -0.1) is 5.11 Å². The number of ether oxygens (including phenoxy) is 1. The third-order valence-electron chi connectivity index (χ3n) is 2.83. The molecule has 1 aromatic carbocycles. The largest absolute Gasteiger partial charge is 0.504 e. The summed E-state index contributed by atoms with van der Waals surface area (Å²) in [6.07, 6.45) is 1.10. The Balaban J connectivity index is 2.09. The molecule has 1 aromatic heterocycles. The summed E-state index contributed by atoms with van der Waals surface area (Å²) >= 11 is 0. The number of nitrogen functional groups attached to an aromatic ring is 2. The van der Waals surface area contributed by atoms with Crippen LogP contribution in [0.2, 0.25) is 0 Å². The molecule has 0 aliphatic carbocycles. The van der Waals surface area contributed by atoms with E-state index in [2.05, 4.69) is 15.2 Å². The van der Waals surface area contributed by atoms with Crippen LogP contribution in [0.15, 0.2) is 40.6 Å². The van der Waals surface area contributed by atoms with Crippen molar-refractivity contribution >= 4 is 29.0 Å². The minimum atomic E-state index is -0.280. The maximum absolute atomic E-state index is 11.4. The molecule has 0 saturated carbocycles. The van der Waals surface area contributed by atoms with Crippen LogP contribution in [0, 0.1) is 0 Å². The number of aromatic nitrogens is 1. The number of rotatable bonds is 5. The van der Waals surface area contributed by atoms with Crippen molar-refractivity contribution < 1.29 is 14.6 Å². The number of benzene rings is 1. The Morgan fingerprint density at radius 3 is 2.57 bits per heavy atom. The first-order chi connectivity index (χ1) is 11.0. The van der Waals surface area contributed by atoms with Crippen LogP contribution in [0.5, 0.6) is 11.5 Å². The first-order valence-electron chi connectivity index (χ1n) is 6.97. The van der Waals surface area contributed by atoms with E-state index in [-0.39, 0.29) is 29.0 Å². The van der Waals surface area contributed by atoms with E-state index >= 15 is 0 Å². The predicted molar refractivity (Wildman–Crippen MR) is 85.9 cm³/mol. The van der Waals surface area contributed by atoms with Gasteiger partial charge in [-0.05, 0) is 30.7 Å². The SMILES string of the molecule is CCCC(=O)Oc1ccc(/N=N/c2cc(O)c(N)nc2N)cc1. The number of hydrogen-bond donors (Lipinski definition) is 3. The van der Waals surface area contributed by atoms with Gasteiger partial charge in [0.1, 0.15) is 11.4 Å². The number of carbonyl (C=O) groups excluding carboxylic acids is 1. The quantitative estimate of drug-likeness (QED) is 0.440. The van der Waals surface area contributed by atoms with Crippen LogP contribution in [-0.2, 0) is 4.79 Å². The Morgan fingerprint density at radius 2 is 1.91 bits per heavy atom. The highest BCUT2D eigenvalue weighted by Crippen LogP contribution is 2.30. The van der Waals surface area contributed by atoms with Crippen molar-refractivity contribution in [1.29, 1.82) is 0 Å². The lowest BCUT2D eigenvalue weighted by Gasteiger charge is -2.03. The summed E-state index contributed by atoms with van der Waals surface area (Å²) < 4.78 is 5.13. The van der Waals surface area contributed by atoms with Crippen molar-refractivity contribution in [1.82, 2.24) is 4.98 Å². The smallest absolute Gasteiger partial charge is 0.311 e. The van der Waals surface area contributed by atoms with Crippen LogP contribution in [0.4, 0.5) is 23.0 Å². The van der Waals surface area contributed by atoms with E-state index in [1.165, 1.54) is 6.07 Å². The molecule has 0 radical (unpaired) electrons. The number of azo groups is 1. The van der Waals surface area contributed by atoms with Gasteiger partial charge in [0, 0.05) is 12.5 Å². The van der Waals surface area contributed by atoms with E-state index < -0.39 is 0 Å². The average Bonchev–Trinajstić information content (AvgIpc) is 2.51. The molecule has 1 heterocycles. The fourth-order valence-corrected chi connectivity index (χ4v) is 1.68. The minimum absolute atomic E-state index is 0.0640. The molecule has 0 aliphatic rings. The van der Waals surface area contributed by atoms with Gasteiger partial charge in [-0.3, -0.25) is 4.79 Å². The lowest BCUT2D eigenvalue weighted by Crippen LogP contribution is -2.06. The third-order valence-corrected chi connectivity index (χ3v) is 2.83. The molecule has 0 fully saturated rings. The topological polar surface area (TPSA) is 136 Å². The Hall–Kier alpha value is -3.16. The van der Waals surface area contributed by atoms with E-state index in [0.29, 0.717) is 17.9 Å². The molecule has 2 rings (SSSR count). The molecule has 8 heteroatoms. The monoisotopic (exact) mass is 315 g/mol. The van der Waals surface area contributed by atoms with Crippen LogP contribution in [0.1, 0.15) is 19.8 Å². The molecule has 8 nitrogen and oxygen atoms in total. The number of anilines is 2. The number of nitrogens with zero attached hydrogens (tertiary/aromatic N) is 3. The standard InChI is InChI=1S/C15H17N5O3/c1-2-3-13(22)23-10-6-4-9(5-7-10)19-20-11-8-12(21)15(17)18-14(11)16/h4-8,21H,2-3H2,1H3,(H4,16,17,18)/b20-19+. The Labute approximate surface area is 132 Å². The van der Waals surface area contributed by atoms with Gasteiger partial charge in [-0.1, -0.05) is 6.92 Å². The van der Waals surface area contributed by atoms with Crippen LogP contribution < -0.4 is 16.2 Å². The van der Waals surface area contributed by atoms with Gasteiger partial charge in [0.25, 0.3) is 0 Å². The summed E-state index contributed by atoms with van der Waals surface area (Å²) in [4.78, 5) is 15.1. The van der Waals surface area contributed by atoms with Gasteiger partial charge in [-0.25, -0.2) is 4.98 Å². The van der Waals surface area contributed by atoms with Gasteiger partial charge in [0.15, 0.2) is 17.4 Å². The molecule has 0 bridgehead atoms. The van der Waals surface area contributed by atoms with Crippen molar-refractivity contribution in [3.63, 3.8) is 0 Å². The third kappa shape index (κ3) is 4.40. The summed E-state index contributed by atoms with van der Waals surface area (Å²) in [5, 5.41) is 17.4. The molecule has 0 aliphatic heterocycles. The number of hydrogen-bond acceptors (Lipinski definition) is 8. The Morgan fingerprint density at radius 1 is 1.22 bits per heavy atom. The molecule has 23 heavy (non-hydrogen) atoms. The van der Waals surface area contributed by atoms with E-state index in [4.69, 9.17) is 16.2 Å². The van der Waals surface area contributed by atoms with Crippen molar-refractivity contribution in [2.75, 3.05) is 11.5 Å². The van der Waals surface area contributed by atoms with Gasteiger partial charge < -0.3 is 21.3 Å². The summed E-state index contributed by atoms with van der Waals surface area (Å²) in [5.74, 6) is -0.0630. The van der Waals surface area contributed by atoms with E-state index in [1.54, 1.807) is 24.3 Å². The zero-order valence-electron chi connectivity index (χ0n) is 12.6. The molecule has 0 atom stereocenters. The molecule has 0 unspecified atom stereocenters. The molecule has 0 spiro atoms. The first-order valence-corrected chi connectivity index (χ1v) is 6.97. The summed E-state index contributed by atoms with van der Waals surface area (Å²) in [6, 6.07) is 7.79. The van der Waals surface area contributed by atoms with Crippen molar-refractivity contribution in [3.05, 3.63) is 30.3 Å². The molecule has 0 saturated heterocycles. The molecule has 120 valence electrons. The number of carbonyl (C=O) groups is 1. The second kappa shape index (κ2) is 7.21. The van der Waals surface area contributed by atoms with Crippen molar-refractivity contribution in [2.24, 2.45) is 10.2 Å². The van der Waals surface area contributed by atoms with Gasteiger partial charge in [-0.2, -0.15) is 5.11 Å². The number of pyridine rings is 1. The Kier molecular flexibility index (Phi) is 5.08. The fourth-order valence-electron chi connectivity index (χ4n) is 1.68. The lowest BCUT2D eigenvalue weighted by atomic mass is 10.3. The van der Waals surface area contributed by atoms with E-state index in [0.717, 1.165) is 6.42 Å². The summed E-state index contributed by atoms with van der Waals surface area (Å²) in [7, 11) is 0. The minimum Gasteiger partial charge on any atom is -0.504 e. The molecule has 0 amide bonds. The van der Waals surface area contributed by atoms with E-state index in [9.17, 15) is 9.90 Å². The normalized spacial score (nSPS) is 10.8. The van der Waals surface area contributed by atoms with Gasteiger partial charge in [0.05, 0.1) is 5.69 Å². The number of esters is 1. The molecule has 2 aromatic rings. The van der Waals surface area contributed by atoms with Gasteiger partial charge in [0.2, 0.25) is 0 Å². The van der Waals surface area contributed by atoms with Gasteiger partial charge >= 0.3 is 5.97 Å².